The van der Waals surface area contributed by atoms with Crippen molar-refractivity contribution >= 4 is 35.1 Å². The summed E-state index contributed by atoms with van der Waals surface area (Å²) in [4.78, 5) is 19.4. The highest BCUT2D eigenvalue weighted by molar-refractivity contribution is 5.85. The van der Waals surface area contributed by atoms with Crippen molar-refractivity contribution < 1.29 is 9.53 Å². The molecular weight excluding hydrogens is 470 g/mol. The van der Waals surface area contributed by atoms with Crippen LogP contribution in [0, 0.1) is 10.8 Å². The first kappa shape index (κ1) is 29.0. The number of rotatable bonds is 7. The quantitative estimate of drug-likeness (QED) is 0.439. The largest absolute Gasteiger partial charge is 0.381 e. The Balaban J connectivity index is 0.00000361. The van der Waals surface area contributed by atoms with Crippen molar-refractivity contribution in [1.82, 2.24) is 4.90 Å². The van der Waals surface area contributed by atoms with Crippen LogP contribution >= 0.6 is 12.4 Å². The molecule has 4 rings (SSSR count). The normalized spacial score (nSPS) is 22.7. The third-order valence-electron chi connectivity index (χ3n) is 8.14. The lowest BCUT2D eigenvalue weighted by molar-refractivity contribution is -0.119. The van der Waals surface area contributed by atoms with Gasteiger partial charge in [-0.25, -0.2) is 0 Å². The van der Waals surface area contributed by atoms with Gasteiger partial charge in [-0.2, -0.15) is 0 Å². The van der Waals surface area contributed by atoms with Gasteiger partial charge in [0, 0.05) is 69.7 Å². The van der Waals surface area contributed by atoms with Gasteiger partial charge in [-0.1, -0.05) is 40.7 Å². The molecule has 0 atom stereocenters. The van der Waals surface area contributed by atoms with Crippen molar-refractivity contribution in [2.45, 2.75) is 72.8 Å². The Labute approximate surface area is 225 Å². The fourth-order valence-electron chi connectivity index (χ4n) is 6.67. The zero-order valence-electron chi connectivity index (χ0n) is 23.4. The van der Waals surface area contributed by atoms with Crippen molar-refractivity contribution in [2.75, 3.05) is 62.7 Å². The summed E-state index contributed by atoms with van der Waals surface area (Å²) in [7, 11) is 1.84. The van der Waals surface area contributed by atoms with Crippen LogP contribution in [-0.4, -0.2) is 69.7 Å². The summed E-state index contributed by atoms with van der Waals surface area (Å²) in [6.07, 6.45) is 8.09. The van der Waals surface area contributed by atoms with Gasteiger partial charge >= 0.3 is 0 Å². The molecule has 0 bridgehead atoms. The van der Waals surface area contributed by atoms with Gasteiger partial charge in [0.05, 0.1) is 12.6 Å². The lowest BCUT2D eigenvalue weighted by atomic mass is 9.65. The van der Waals surface area contributed by atoms with Crippen LogP contribution in [0.1, 0.15) is 72.3 Å². The van der Waals surface area contributed by atoms with Crippen LogP contribution in [0.4, 0.5) is 11.4 Å². The Kier molecular flexibility index (Phi) is 9.57. The van der Waals surface area contributed by atoms with E-state index in [9.17, 15) is 4.79 Å². The Hall–Kier alpha value is -1.56. The second-order valence-electron chi connectivity index (χ2n) is 12.5. The van der Waals surface area contributed by atoms with Gasteiger partial charge in [-0.3, -0.25) is 9.69 Å². The van der Waals surface area contributed by atoms with E-state index in [2.05, 4.69) is 66.7 Å². The van der Waals surface area contributed by atoms with Gasteiger partial charge in [0.15, 0.2) is 0 Å². The molecule has 6 heteroatoms. The number of piperidine rings is 1. The third-order valence-corrected chi connectivity index (χ3v) is 8.14. The maximum Gasteiger partial charge on any atom is 0.146 e. The Morgan fingerprint density at radius 3 is 2.25 bits per heavy atom. The molecule has 1 aromatic carbocycles. The van der Waals surface area contributed by atoms with Crippen LogP contribution in [0.25, 0.3) is 5.57 Å². The summed E-state index contributed by atoms with van der Waals surface area (Å²) < 4.78 is 5.61. The fraction of sp³-hybridized carbons (Fsp3) is 0.700. The molecule has 3 aliphatic rings. The van der Waals surface area contributed by atoms with E-state index in [1.807, 2.05) is 14.0 Å². The zero-order chi connectivity index (χ0) is 25.2. The third kappa shape index (κ3) is 7.05. The van der Waals surface area contributed by atoms with Gasteiger partial charge in [0.1, 0.15) is 5.78 Å². The molecule has 2 saturated heterocycles. The number of anilines is 2. The van der Waals surface area contributed by atoms with Crippen molar-refractivity contribution in [3.63, 3.8) is 0 Å². The Morgan fingerprint density at radius 1 is 1.00 bits per heavy atom. The number of benzene rings is 1. The van der Waals surface area contributed by atoms with Crippen LogP contribution in [0.2, 0.25) is 0 Å². The molecule has 0 saturated carbocycles. The Morgan fingerprint density at radius 2 is 1.67 bits per heavy atom. The summed E-state index contributed by atoms with van der Waals surface area (Å²) in [5.74, 6) is 0.345. The van der Waals surface area contributed by atoms with E-state index in [4.69, 9.17) is 4.74 Å². The number of Topliss-reactive ketones (excluding diaryl/α,β-unsaturated/α-hetero) is 1. The van der Waals surface area contributed by atoms with Crippen LogP contribution < -0.4 is 9.80 Å². The predicted octanol–water partition coefficient (Wildman–Crippen LogP) is 6.05. The second kappa shape index (κ2) is 11.9. The van der Waals surface area contributed by atoms with E-state index in [1.54, 1.807) is 0 Å². The summed E-state index contributed by atoms with van der Waals surface area (Å²) in [5.41, 5.74) is 6.10. The summed E-state index contributed by atoms with van der Waals surface area (Å²) >= 11 is 0. The molecular formula is C30H48ClN3O2. The van der Waals surface area contributed by atoms with Gasteiger partial charge in [-0.05, 0) is 60.3 Å². The maximum atomic E-state index is 12.0. The van der Waals surface area contributed by atoms with Crippen LogP contribution in [0.5, 0.6) is 0 Å². The molecule has 36 heavy (non-hydrogen) atoms. The standard InChI is InChI=1S/C30H47N3O2.ClH/c1-7-25(34)21-31-14-16-33(17-15-31)28-9-8-24(32-12-10-26(35-6)11-13-32)18-27(28)23-19-29(2,3)22-30(4,5)20-23;/h8-9,18-19,26H,7,10-17,20-22H2,1-6H3;1H. The second-order valence-corrected chi connectivity index (χ2v) is 12.5. The highest BCUT2D eigenvalue weighted by Gasteiger charge is 2.35. The number of nitrogens with zero attached hydrogens (tertiary/aromatic N) is 3. The van der Waals surface area contributed by atoms with Gasteiger partial charge < -0.3 is 14.5 Å². The SMILES string of the molecule is CCC(=O)CN1CCN(c2ccc(N3CCC(OC)CC3)cc2C2=CC(C)(C)CC(C)(C)C2)CC1.Cl. The molecule has 0 N–H and O–H groups in total. The minimum Gasteiger partial charge on any atom is -0.381 e. The number of methoxy groups -OCH3 is 1. The molecule has 0 unspecified atom stereocenters. The number of allylic oxidation sites excluding steroid dienone is 2. The minimum absolute atomic E-state index is 0. The lowest BCUT2D eigenvalue weighted by Crippen LogP contribution is -2.48. The molecule has 0 aromatic heterocycles. The van der Waals surface area contributed by atoms with E-state index in [-0.39, 0.29) is 23.2 Å². The number of hydrogen-bond donors (Lipinski definition) is 0. The van der Waals surface area contributed by atoms with E-state index in [1.165, 1.54) is 28.9 Å². The predicted molar refractivity (Wildman–Crippen MR) is 155 cm³/mol. The number of carbonyl (C=O) groups excluding carboxylic acids is 1. The van der Waals surface area contributed by atoms with E-state index < -0.39 is 0 Å². The number of piperazine rings is 1. The fourth-order valence-corrected chi connectivity index (χ4v) is 6.67. The van der Waals surface area contributed by atoms with E-state index in [0.29, 0.717) is 24.9 Å². The van der Waals surface area contributed by atoms with E-state index >= 15 is 0 Å². The molecule has 5 nitrogen and oxygen atoms in total. The summed E-state index contributed by atoms with van der Waals surface area (Å²) in [6.45, 7) is 18.1. The first-order valence-electron chi connectivity index (χ1n) is 13.7. The van der Waals surface area contributed by atoms with Gasteiger partial charge in [0.25, 0.3) is 0 Å². The molecule has 1 aromatic rings. The smallest absolute Gasteiger partial charge is 0.146 e. The molecule has 0 amide bonds. The van der Waals surface area contributed by atoms with Crippen LogP contribution in [0.3, 0.4) is 0 Å². The maximum absolute atomic E-state index is 12.0. The molecule has 202 valence electrons. The Bertz CT molecular complexity index is 926. The van der Waals surface area contributed by atoms with Gasteiger partial charge in [-0.15, -0.1) is 12.4 Å². The van der Waals surface area contributed by atoms with Crippen molar-refractivity contribution in [3.05, 3.63) is 29.8 Å². The first-order chi connectivity index (χ1) is 16.6. The number of halogens is 1. The first-order valence-corrected chi connectivity index (χ1v) is 13.7. The number of carbonyl (C=O) groups is 1. The number of ether oxygens (including phenoxy) is 1. The highest BCUT2D eigenvalue weighted by Crippen LogP contribution is 2.49. The van der Waals surface area contributed by atoms with E-state index in [0.717, 1.165) is 58.5 Å². The zero-order valence-corrected chi connectivity index (χ0v) is 24.3. The molecule has 0 spiro atoms. The molecule has 2 heterocycles. The lowest BCUT2D eigenvalue weighted by Gasteiger charge is -2.42. The highest BCUT2D eigenvalue weighted by atomic mass is 35.5. The average molecular weight is 518 g/mol. The summed E-state index contributed by atoms with van der Waals surface area (Å²) in [5, 5.41) is 0. The van der Waals surface area contributed by atoms with Crippen molar-refractivity contribution in [1.29, 1.82) is 0 Å². The topological polar surface area (TPSA) is 36.0 Å². The van der Waals surface area contributed by atoms with Crippen molar-refractivity contribution in [2.24, 2.45) is 10.8 Å². The van der Waals surface area contributed by atoms with Crippen LogP contribution in [0.15, 0.2) is 24.3 Å². The molecule has 1 aliphatic carbocycles. The number of ketones is 1. The van der Waals surface area contributed by atoms with Crippen molar-refractivity contribution in [3.8, 4) is 0 Å². The molecule has 2 aliphatic heterocycles. The minimum atomic E-state index is 0. The summed E-state index contributed by atoms with van der Waals surface area (Å²) in [6, 6.07) is 7.17. The molecule has 0 radical (unpaired) electrons. The average Bonchev–Trinajstić information content (AvgIpc) is 2.82. The monoisotopic (exact) mass is 517 g/mol. The van der Waals surface area contributed by atoms with Crippen LogP contribution in [-0.2, 0) is 9.53 Å². The van der Waals surface area contributed by atoms with Gasteiger partial charge in [0.2, 0.25) is 0 Å². The number of hydrogen-bond acceptors (Lipinski definition) is 5. The molecule has 2 fully saturated rings.